The first-order valence-electron chi connectivity index (χ1n) is 7.25. The second-order valence-electron chi connectivity index (χ2n) is 6.04. The van der Waals surface area contributed by atoms with Gasteiger partial charge in [-0.15, -0.1) is 0 Å². The second kappa shape index (κ2) is 6.49. The zero-order valence-electron chi connectivity index (χ0n) is 12.1. The third-order valence-corrected chi connectivity index (χ3v) is 4.21. The van der Waals surface area contributed by atoms with Crippen LogP contribution in [-0.2, 0) is 6.54 Å². The highest BCUT2D eigenvalue weighted by atomic mass is 19.1. The van der Waals surface area contributed by atoms with E-state index in [4.69, 9.17) is 0 Å². The van der Waals surface area contributed by atoms with E-state index in [0.29, 0.717) is 18.0 Å². The van der Waals surface area contributed by atoms with Crippen LogP contribution in [0.5, 0.6) is 0 Å². The molecule has 6 heteroatoms. The molecule has 0 aromatic heterocycles. The summed E-state index contributed by atoms with van der Waals surface area (Å²) in [5, 5.41) is 24.4. The third-order valence-electron chi connectivity index (χ3n) is 4.21. The summed E-state index contributed by atoms with van der Waals surface area (Å²) >= 11 is 0. The maximum Gasteiger partial charge on any atom is 0.274 e. The number of hydrogen-bond acceptors (Lipinski definition) is 4. The van der Waals surface area contributed by atoms with E-state index in [1.165, 1.54) is 6.07 Å². The van der Waals surface area contributed by atoms with Crippen molar-refractivity contribution in [3.63, 3.8) is 0 Å². The van der Waals surface area contributed by atoms with E-state index >= 15 is 0 Å². The van der Waals surface area contributed by atoms with Gasteiger partial charge in [-0.25, -0.2) is 4.39 Å². The zero-order valence-corrected chi connectivity index (χ0v) is 12.1. The second-order valence-corrected chi connectivity index (χ2v) is 6.04. The van der Waals surface area contributed by atoms with Crippen molar-refractivity contribution in [3.05, 3.63) is 39.7 Å². The Kier molecular flexibility index (Phi) is 4.90. The smallest absolute Gasteiger partial charge is 0.274 e. The van der Waals surface area contributed by atoms with Crippen molar-refractivity contribution in [2.75, 3.05) is 6.54 Å². The Morgan fingerprint density at radius 3 is 2.76 bits per heavy atom. The Morgan fingerprint density at radius 1 is 1.48 bits per heavy atom. The normalized spacial score (nSPS) is 25.8. The molecule has 2 N–H and O–H groups in total. The molecular weight excluding hydrogens is 275 g/mol. The van der Waals surface area contributed by atoms with Gasteiger partial charge in [-0.1, -0.05) is 6.92 Å². The lowest BCUT2D eigenvalue weighted by Gasteiger charge is -2.35. The van der Waals surface area contributed by atoms with Gasteiger partial charge < -0.3 is 10.4 Å². The van der Waals surface area contributed by atoms with Crippen molar-refractivity contribution in [3.8, 4) is 0 Å². The SMILES string of the molecule is CC1CCC(O)(CNCc2cc(F)ccc2[N+](=O)[O-])CC1. The van der Waals surface area contributed by atoms with E-state index in [0.717, 1.165) is 37.8 Å². The molecule has 1 aliphatic rings. The van der Waals surface area contributed by atoms with Gasteiger partial charge in [0.25, 0.3) is 5.69 Å². The van der Waals surface area contributed by atoms with E-state index < -0.39 is 16.3 Å². The molecule has 0 radical (unpaired) electrons. The fourth-order valence-corrected chi connectivity index (χ4v) is 2.78. The van der Waals surface area contributed by atoms with Crippen LogP contribution in [0.25, 0.3) is 0 Å². The summed E-state index contributed by atoms with van der Waals surface area (Å²) < 4.78 is 13.2. The van der Waals surface area contributed by atoms with Crippen LogP contribution in [0.2, 0.25) is 0 Å². The van der Waals surface area contributed by atoms with Crippen LogP contribution in [0.1, 0.15) is 38.2 Å². The lowest BCUT2D eigenvalue weighted by Crippen LogP contribution is -2.43. The maximum absolute atomic E-state index is 13.2. The van der Waals surface area contributed by atoms with Crippen molar-refractivity contribution >= 4 is 5.69 Å². The Labute approximate surface area is 123 Å². The molecule has 0 atom stereocenters. The van der Waals surface area contributed by atoms with Crippen LogP contribution in [0.15, 0.2) is 18.2 Å². The van der Waals surface area contributed by atoms with E-state index in [2.05, 4.69) is 12.2 Å². The average Bonchev–Trinajstić information content (AvgIpc) is 2.42. The highest BCUT2D eigenvalue weighted by Crippen LogP contribution is 2.31. The van der Waals surface area contributed by atoms with Gasteiger partial charge in [0, 0.05) is 24.7 Å². The van der Waals surface area contributed by atoms with Gasteiger partial charge in [0.2, 0.25) is 0 Å². The summed E-state index contributed by atoms with van der Waals surface area (Å²) in [5.41, 5.74) is -0.560. The Bertz CT molecular complexity index is 514. The van der Waals surface area contributed by atoms with E-state index in [-0.39, 0.29) is 12.2 Å². The van der Waals surface area contributed by atoms with Crippen molar-refractivity contribution in [1.29, 1.82) is 0 Å². The highest BCUT2D eigenvalue weighted by Gasteiger charge is 2.31. The molecule has 2 rings (SSSR count). The number of rotatable bonds is 5. The first-order chi connectivity index (χ1) is 9.89. The standard InChI is InChI=1S/C15H21FN2O3/c1-11-4-6-15(19,7-5-11)10-17-9-12-8-13(16)2-3-14(12)18(20)21/h2-3,8,11,17,19H,4-7,9-10H2,1H3. The molecule has 1 aromatic carbocycles. The lowest BCUT2D eigenvalue weighted by atomic mass is 9.79. The van der Waals surface area contributed by atoms with Gasteiger partial charge in [-0.05, 0) is 43.7 Å². The van der Waals surface area contributed by atoms with Crippen molar-refractivity contribution in [1.82, 2.24) is 5.32 Å². The summed E-state index contributed by atoms with van der Waals surface area (Å²) in [6.07, 6.45) is 3.43. The van der Waals surface area contributed by atoms with Crippen molar-refractivity contribution < 1.29 is 14.4 Å². The van der Waals surface area contributed by atoms with Gasteiger partial charge in [0.15, 0.2) is 0 Å². The number of benzene rings is 1. The van der Waals surface area contributed by atoms with Crippen LogP contribution >= 0.6 is 0 Å². The summed E-state index contributed by atoms with van der Waals surface area (Å²) in [5.74, 6) is 0.136. The van der Waals surface area contributed by atoms with Crippen LogP contribution < -0.4 is 5.32 Å². The fraction of sp³-hybridized carbons (Fsp3) is 0.600. The molecule has 116 valence electrons. The molecule has 1 fully saturated rings. The Morgan fingerprint density at radius 2 is 2.14 bits per heavy atom. The summed E-state index contributed by atoms with van der Waals surface area (Å²) in [6, 6.07) is 3.42. The number of nitro benzene ring substituents is 1. The monoisotopic (exact) mass is 296 g/mol. The van der Waals surface area contributed by atoms with E-state index in [9.17, 15) is 19.6 Å². The molecular formula is C15H21FN2O3. The zero-order chi connectivity index (χ0) is 15.5. The quantitative estimate of drug-likeness (QED) is 0.647. The maximum atomic E-state index is 13.2. The highest BCUT2D eigenvalue weighted by molar-refractivity contribution is 5.40. The first kappa shape index (κ1) is 15.9. The fourth-order valence-electron chi connectivity index (χ4n) is 2.78. The number of nitrogens with one attached hydrogen (secondary N) is 1. The van der Waals surface area contributed by atoms with Crippen LogP contribution in [0.4, 0.5) is 10.1 Å². The third kappa shape index (κ3) is 4.22. The van der Waals surface area contributed by atoms with Crippen molar-refractivity contribution in [2.24, 2.45) is 5.92 Å². The summed E-state index contributed by atoms with van der Waals surface area (Å²) in [7, 11) is 0. The predicted octanol–water partition coefficient (Wildman–Crippen LogP) is 2.76. The van der Waals surface area contributed by atoms with Gasteiger partial charge in [-0.3, -0.25) is 10.1 Å². The molecule has 1 saturated carbocycles. The van der Waals surface area contributed by atoms with Crippen LogP contribution in [0.3, 0.4) is 0 Å². The minimum absolute atomic E-state index is 0.104. The van der Waals surface area contributed by atoms with Crippen molar-refractivity contribution in [2.45, 2.75) is 44.8 Å². The number of hydrogen-bond donors (Lipinski definition) is 2. The summed E-state index contributed by atoms with van der Waals surface area (Å²) in [6.45, 7) is 2.71. The van der Waals surface area contributed by atoms with Crippen LogP contribution in [0, 0.1) is 21.8 Å². The average molecular weight is 296 g/mol. The number of nitro groups is 1. The van der Waals surface area contributed by atoms with Gasteiger partial charge >= 0.3 is 0 Å². The minimum Gasteiger partial charge on any atom is -0.389 e. The molecule has 0 spiro atoms. The predicted molar refractivity (Wildman–Crippen MR) is 77.3 cm³/mol. The molecule has 0 bridgehead atoms. The van der Waals surface area contributed by atoms with Gasteiger partial charge in [0.1, 0.15) is 5.82 Å². The molecule has 1 aromatic rings. The molecule has 0 aliphatic heterocycles. The summed E-state index contributed by atoms with van der Waals surface area (Å²) in [4.78, 5) is 10.4. The van der Waals surface area contributed by atoms with Crippen LogP contribution in [-0.4, -0.2) is 22.2 Å². The largest absolute Gasteiger partial charge is 0.389 e. The lowest BCUT2D eigenvalue weighted by molar-refractivity contribution is -0.385. The molecule has 0 amide bonds. The molecule has 1 aliphatic carbocycles. The Balaban J connectivity index is 1.94. The van der Waals surface area contributed by atoms with E-state index in [1.807, 2.05) is 0 Å². The van der Waals surface area contributed by atoms with Gasteiger partial charge in [-0.2, -0.15) is 0 Å². The molecule has 0 saturated heterocycles. The van der Waals surface area contributed by atoms with E-state index in [1.54, 1.807) is 0 Å². The number of halogens is 1. The molecule has 0 unspecified atom stereocenters. The van der Waals surface area contributed by atoms with Gasteiger partial charge in [0.05, 0.1) is 10.5 Å². The molecule has 21 heavy (non-hydrogen) atoms. The number of nitrogens with zero attached hydrogens (tertiary/aromatic N) is 1. The topological polar surface area (TPSA) is 75.4 Å². The number of aliphatic hydroxyl groups is 1. The Hall–Kier alpha value is -1.53. The minimum atomic E-state index is -0.755. The first-order valence-corrected chi connectivity index (χ1v) is 7.25. The molecule has 0 heterocycles. The molecule has 5 nitrogen and oxygen atoms in total.